The van der Waals surface area contributed by atoms with Crippen molar-refractivity contribution in [3.05, 3.63) is 51.3 Å². The molecule has 2 atom stereocenters. The maximum Gasteiger partial charge on any atom is 0.328 e. The minimum atomic E-state index is -0.979. The van der Waals surface area contributed by atoms with Crippen LogP contribution in [0.1, 0.15) is 30.8 Å². The first-order chi connectivity index (χ1) is 13.2. The zero-order valence-corrected chi connectivity index (χ0v) is 16.2. The highest BCUT2D eigenvalue weighted by Gasteiger charge is 2.34. The smallest absolute Gasteiger partial charge is 0.328 e. The Hall–Kier alpha value is -3.23. The lowest BCUT2D eigenvalue weighted by Crippen LogP contribution is -2.43. The predicted octanol–water partition coefficient (Wildman–Crippen LogP) is 2.32. The second kappa shape index (κ2) is 7.41. The number of aromatic nitrogens is 2. The van der Waals surface area contributed by atoms with Crippen molar-refractivity contribution in [1.29, 1.82) is 0 Å². The number of fused-ring (bicyclic) bond motifs is 1. The summed E-state index contributed by atoms with van der Waals surface area (Å²) in [7, 11) is 0. The first kappa shape index (κ1) is 19.5. The number of para-hydroxylation sites is 1. The van der Waals surface area contributed by atoms with Gasteiger partial charge in [-0.1, -0.05) is 18.2 Å². The summed E-state index contributed by atoms with van der Waals surface area (Å²) >= 11 is 0. The molecule has 0 N–H and O–H groups in total. The van der Waals surface area contributed by atoms with Gasteiger partial charge in [0.15, 0.2) is 6.10 Å². The molecule has 0 saturated carbocycles. The molecule has 0 unspecified atom stereocenters. The summed E-state index contributed by atoms with van der Waals surface area (Å²) in [6.07, 6.45) is -0.231. The topological polar surface area (TPSA) is 108 Å². The summed E-state index contributed by atoms with van der Waals surface area (Å²) in [6, 6.07) is 7.62. The molecule has 2 aromatic rings. The van der Waals surface area contributed by atoms with Crippen LogP contribution in [0.4, 0.5) is 11.4 Å². The van der Waals surface area contributed by atoms with Crippen LogP contribution in [0.3, 0.4) is 0 Å². The van der Waals surface area contributed by atoms with Gasteiger partial charge in [0.05, 0.1) is 4.92 Å². The summed E-state index contributed by atoms with van der Waals surface area (Å²) in [5.74, 6) is -0.980. The first-order valence-electron chi connectivity index (χ1n) is 8.99. The van der Waals surface area contributed by atoms with Gasteiger partial charge in [0.2, 0.25) is 0 Å². The molecule has 9 heteroatoms. The number of carbonyl (C=O) groups is 2. The number of nitro groups is 1. The van der Waals surface area contributed by atoms with E-state index in [9.17, 15) is 19.7 Å². The number of hydrogen-bond acceptors (Lipinski definition) is 6. The van der Waals surface area contributed by atoms with Crippen molar-refractivity contribution in [1.82, 2.24) is 9.78 Å². The number of esters is 1. The Morgan fingerprint density at radius 2 is 2.04 bits per heavy atom. The van der Waals surface area contributed by atoms with Gasteiger partial charge in [-0.25, -0.2) is 0 Å². The van der Waals surface area contributed by atoms with Gasteiger partial charge in [0, 0.05) is 11.7 Å². The lowest BCUT2D eigenvalue weighted by molar-refractivity contribution is -0.386. The molecule has 28 heavy (non-hydrogen) atoms. The van der Waals surface area contributed by atoms with Crippen LogP contribution in [-0.2, 0) is 27.3 Å². The lowest BCUT2D eigenvalue weighted by atomic mass is 10.1. The van der Waals surface area contributed by atoms with Crippen LogP contribution in [0.25, 0.3) is 0 Å². The molecule has 0 fully saturated rings. The molecule has 148 valence electrons. The van der Waals surface area contributed by atoms with E-state index in [4.69, 9.17) is 4.74 Å². The Balaban J connectivity index is 1.69. The Morgan fingerprint density at radius 3 is 2.68 bits per heavy atom. The Morgan fingerprint density at radius 1 is 1.36 bits per heavy atom. The second-order valence-corrected chi connectivity index (χ2v) is 6.96. The average molecular weight is 386 g/mol. The van der Waals surface area contributed by atoms with E-state index in [1.54, 1.807) is 4.90 Å². The fraction of sp³-hybridized carbons (Fsp3) is 0.421. The molecule has 9 nitrogen and oxygen atoms in total. The molecule has 1 aromatic carbocycles. The molecule has 0 radical (unpaired) electrons. The van der Waals surface area contributed by atoms with Gasteiger partial charge >= 0.3 is 11.7 Å². The quantitative estimate of drug-likeness (QED) is 0.443. The van der Waals surface area contributed by atoms with Crippen LogP contribution < -0.4 is 4.90 Å². The van der Waals surface area contributed by atoms with Crippen molar-refractivity contribution in [2.45, 2.75) is 52.8 Å². The molecule has 0 aliphatic carbocycles. The van der Waals surface area contributed by atoms with Crippen molar-refractivity contribution in [2.24, 2.45) is 0 Å². The number of aryl methyl sites for hydroxylation is 1. The van der Waals surface area contributed by atoms with Crippen molar-refractivity contribution in [3.63, 3.8) is 0 Å². The minimum absolute atomic E-state index is 0.0234. The molecule has 1 aliphatic heterocycles. The second-order valence-electron chi connectivity index (χ2n) is 6.96. The van der Waals surface area contributed by atoms with E-state index in [2.05, 4.69) is 5.10 Å². The van der Waals surface area contributed by atoms with Gasteiger partial charge in [0.1, 0.15) is 17.9 Å². The summed E-state index contributed by atoms with van der Waals surface area (Å²) < 4.78 is 6.52. The number of amides is 1. The maximum atomic E-state index is 12.9. The van der Waals surface area contributed by atoms with Gasteiger partial charge < -0.3 is 9.64 Å². The lowest BCUT2D eigenvalue weighted by Gasteiger charge is -2.25. The van der Waals surface area contributed by atoms with E-state index in [1.807, 2.05) is 31.2 Å². The highest BCUT2D eigenvalue weighted by atomic mass is 16.6. The summed E-state index contributed by atoms with van der Waals surface area (Å²) in [4.78, 5) is 37.3. The van der Waals surface area contributed by atoms with Crippen molar-refractivity contribution in [2.75, 3.05) is 4.90 Å². The highest BCUT2D eigenvalue weighted by Crippen LogP contribution is 2.32. The standard InChI is InChI=1S/C19H22N4O5/c1-11-9-15-7-5-6-8-16(15)22(11)19(25)14(4)28-17(24)10-21-13(3)18(23(26)27)12(2)20-21/h5-8,11,14H,9-10H2,1-4H3/t11-,14-/m0/s1. The number of carbonyl (C=O) groups excluding carboxylic acids is 2. The van der Waals surface area contributed by atoms with Crippen LogP contribution in [0.2, 0.25) is 0 Å². The van der Waals surface area contributed by atoms with E-state index in [0.29, 0.717) is 0 Å². The molecular formula is C19H22N4O5. The van der Waals surface area contributed by atoms with Crippen LogP contribution in [0, 0.1) is 24.0 Å². The van der Waals surface area contributed by atoms with E-state index >= 15 is 0 Å². The average Bonchev–Trinajstić information content (AvgIpc) is 3.09. The monoisotopic (exact) mass is 386 g/mol. The summed E-state index contributed by atoms with van der Waals surface area (Å²) in [5, 5.41) is 15.1. The highest BCUT2D eigenvalue weighted by molar-refractivity contribution is 5.99. The van der Waals surface area contributed by atoms with E-state index in [-0.39, 0.29) is 35.6 Å². The molecule has 1 amide bonds. The van der Waals surface area contributed by atoms with E-state index < -0.39 is 17.0 Å². The van der Waals surface area contributed by atoms with E-state index in [1.165, 1.54) is 25.5 Å². The number of ether oxygens (including phenoxy) is 1. The molecule has 1 aliphatic rings. The number of anilines is 1. The third-order valence-electron chi connectivity index (χ3n) is 4.91. The Kier molecular flexibility index (Phi) is 5.17. The molecule has 1 aromatic heterocycles. The number of benzene rings is 1. The Labute approximate surface area is 162 Å². The van der Waals surface area contributed by atoms with Crippen LogP contribution in [-0.4, -0.2) is 38.7 Å². The van der Waals surface area contributed by atoms with Crippen LogP contribution in [0.5, 0.6) is 0 Å². The molecule has 0 saturated heterocycles. The van der Waals surface area contributed by atoms with Gasteiger partial charge in [0.25, 0.3) is 5.91 Å². The van der Waals surface area contributed by atoms with Crippen molar-refractivity contribution < 1.29 is 19.2 Å². The molecule has 2 heterocycles. The molecule has 3 rings (SSSR count). The maximum absolute atomic E-state index is 12.9. The minimum Gasteiger partial charge on any atom is -0.451 e. The Bertz CT molecular complexity index is 952. The summed E-state index contributed by atoms with van der Waals surface area (Å²) in [6.45, 7) is 6.19. The number of hydrogen-bond donors (Lipinski definition) is 0. The van der Waals surface area contributed by atoms with Gasteiger partial charge in [-0.15, -0.1) is 0 Å². The van der Waals surface area contributed by atoms with Crippen molar-refractivity contribution >= 4 is 23.3 Å². The third kappa shape index (κ3) is 3.47. The third-order valence-corrected chi connectivity index (χ3v) is 4.91. The fourth-order valence-corrected chi connectivity index (χ4v) is 3.61. The van der Waals surface area contributed by atoms with Gasteiger partial charge in [-0.3, -0.25) is 24.4 Å². The van der Waals surface area contributed by atoms with Crippen LogP contribution >= 0.6 is 0 Å². The molecular weight excluding hydrogens is 364 g/mol. The largest absolute Gasteiger partial charge is 0.451 e. The van der Waals surface area contributed by atoms with E-state index in [0.717, 1.165) is 17.7 Å². The normalized spacial score (nSPS) is 16.6. The molecule has 0 spiro atoms. The zero-order chi connectivity index (χ0) is 20.6. The van der Waals surface area contributed by atoms with Gasteiger partial charge in [-0.2, -0.15) is 5.10 Å². The van der Waals surface area contributed by atoms with Crippen LogP contribution in [0.15, 0.2) is 24.3 Å². The first-order valence-corrected chi connectivity index (χ1v) is 8.99. The zero-order valence-electron chi connectivity index (χ0n) is 16.2. The summed E-state index contributed by atoms with van der Waals surface area (Å²) in [5.41, 5.74) is 2.27. The fourth-order valence-electron chi connectivity index (χ4n) is 3.61. The SMILES string of the molecule is Cc1nn(CC(=O)O[C@@H](C)C(=O)N2c3ccccc3C[C@@H]2C)c(C)c1[N+](=O)[O-]. The van der Waals surface area contributed by atoms with Crippen molar-refractivity contribution in [3.8, 4) is 0 Å². The number of nitrogens with zero attached hydrogens (tertiary/aromatic N) is 4. The van der Waals surface area contributed by atoms with Gasteiger partial charge in [-0.05, 0) is 45.7 Å². The molecule has 0 bridgehead atoms. The number of rotatable bonds is 5. The predicted molar refractivity (Wildman–Crippen MR) is 101 cm³/mol.